The first-order valence-corrected chi connectivity index (χ1v) is 9.57. The second-order valence-corrected chi connectivity index (χ2v) is 7.38. The second-order valence-electron chi connectivity index (χ2n) is 7.38. The van der Waals surface area contributed by atoms with Crippen molar-refractivity contribution >= 4 is 5.91 Å². The zero-order valence-corrected chi connectivity index (χ0v) is 16.5. The summed E-state index contributed by atoms with van der Waals surface area (Å²) in [7, 11) is 5.33. The van der Waals surface area contributed by atoms with Gasteiger partial charge in [0.1, 0.15) is 5.75 Å². The Bertz CT molecular complexity index is 768. The molecule has 0 spiro atoms. The van der Waals surface area contributed by atoms with Crippen LogP contribution in [0.5, 0.6) is 5.75 Å². The van der Waals surface area contributed by atoms with E-state index in [0.717, 1.165) is 49.4 Å². The van der Waals surface area contributed by atoms with Gasteiger partial charge in [0.05, 0.1) is 13.7 Å². The fraction of sp³-hybridized carbons (Fsp3) is 0.455. The van der Waals surface area contributed by atoms with Gasteiger partial charge in [-0.15, -0.1) is 0 Å². The van der Waals surface area contributed by atoms with Gasteiger partial charge >= 0.3 is 0 Å². The van der Waals surface area contributed by atoms with Gasteiger partial charge in [0.25, 0.3) is 0 Å². The minimum atomic E-state index is 0.172. The highest BCUT2D eigenvalue weighted by atomic mass is 16.5. The molecule has 27 heavy (non-hydrogen) atoms. The van der Waals surface area contributed by atoms with Crippen molar-refractivity contribution in [3.05, 3.63) is 59.4 Å². The van der Waals surface area contributed by atoms with E-state index in [1.165, 1.54) is 5.69 Å². The smallest absolute Gasteiger partial charge is 0.236 e. The summed E-state index contributed by atoms with van der Waals surface area (Å²) in [6.45, 7) is 2.41. The van der Waals surface area contributed by atoms with Gasteiger partial charge in [0, 0.05) is 43.4 Å². The fourth-order valence-electron chi connectivity index (χ4n) is 3.59. The van der Waals surface area contributed by atoms with Crippen LogP contribution in [-0.4, -0.2) is 61.5 Å². The Morgan fingerprint density at radius 2 is 1.89 bits per heavy atom. The number of hydrogen-bond donors (Lipinski definition) is 0. The molecule has 1 aliphatic heterocycles. The van der Waals surface area contributed by atoms with Crippen LogP contribution in [-0.2, 0) is 11.2 Å². The number of likely N-dealkylation sites (tertiary alicyclic amines) is 1. The number of methoxy groups -OCH3 is 1. The van der Waals surface area contributed by atoms with E-state index in [4.69, 9.17) is 9.72 Å². The molecule has 0 unspecified atom stereocenters. The topological polar surface area (TPSA) is 45.7 Å². The van der Waals surface area contributed by atoms with Gasteiger partial charge in [-0.05, 0) is 44.1 Å². The molecule has 5 heteroatoms. The van der Waals surface area contributed by atoms with Gasteiger partial charge < -0.3 is 9.64 Å². The Hall–Kier alpha value is -2.40. The lowest BCUT2D eigenvalue weighted by Crippen LogP contribution is -2.40. The van der Waals surface area contributed by atoms with Crippen molar-refractivity contribution in [2.45, 2.75) is 25.2 Å². The standard InChI is InChI=1S/C22H29N3O2/c1-24(2)22(26)16-25-13-11-17(12-14-25)20-9-6-8-19(23-20)15-18-7-4-5-10-21(18)27-3/h4-10,17H,11-16H2,1-3H3. The maximum Gasteiger partial charge on any atom is 0.236 e. The maximum absolute atomic E-state index is 11.9. The number of pyridine rings is 1. The molecular formula is C22H29N3O2. The molecule has 2 heterocycles. The zero-order valence-electron chi connectivity index (χ0n) is 16.5. The highest BCUT2D eigenvalue weighted by molar-refractivity contribution is 5.77. The third-order valence-corrected chi connectivity index (χ3v) is 5.26. The molecule has 0 saturated carbocycles. The van der Waals surface area contributed by atoms with E-state index in [0.29, 0.717) is 12.5 Å². The van der Waals surface area contributed by atoms with Crippen molar-refractivity contribution in [2.24, 2.45) is 0 Å². The van der Waals surface area contributed by atoms with Crippen molar-refractivity contribution in [2.75, 3.05) is 40.8 Å². The van der Waals surface area contributed by atoms with Crippen molar-refractivity contribution in [1.82, 2.24) is 14.8 Å². The SMILES string of the molecule is COc1ccccc1Cc1cccc(C2CCN(CC(=O)N(C)C)CC2)n1. The number of benzene rings is 1. The summed E-state index contributed by atoms with van der Waals surface area (Å²) in [4.78, 5) is 20.7. The Labute approximate surface area is 162 Å². The number of nitrogens with zero attached hydrogens (tertiary/aromatic N) is 3. The lowest BCUT2D eigenvalue weighted by Gasteiger charge is -2.31. The van der Waals surface area contributed by atoms with Gasteiger partial charge in [-0.1, -0.05) is 24.3 Å². The number of hydrogen-bond acceptors (Lipinski definition) is 4. The van der Waals surface area contributed by atoms with E-state index in [-0.39, 0.29) is 5.91 Å². The van der Waals surface area contributed by atoms with Gasteiger partial charge in [-0.3, -0.25) is 14.7 Å². The summed E-state index contributed by atoms with van der Waals surface area (Å²) in [5.74, 6) is 1.54. The summed E-state index contributed by atoms with van der Waals surface area (Å²) in [6.07, 6.45) is 2.87. The van der Waals surface area contributed by atoms with Gasteiger partial charge in [-0.2, -0.15) is 0 Å². The highest BCUT2D eigenvalue weighted by Gasteiger charge is 2.23. The number of carbonyl (C=O) groups excluding carboxylic acids is 1. The molecule has 0 N–H and O–H groups in total. The minimum Gasteiger partial charge on any atom is -0.496 e. The van der Waals surface area contributed by atoms with E-state index in [1.54, 1.807) is 12.0 Å². The quantitative estimate of drug-likeness (QED) is 0.788. The largest absolute Gasteiger partial charge is 0.496 e. The Morgan fingerprint density at radius 3 is 2.59 bits per heavy atom. The molecule has 1 aromatic carbocycles. The van der Waals surface area contributed by atoms with Gasteiger partial charge in [0.15, 0.2) is 0 Å². The number of rotatable bonds is 6. The number of aromatic nitrogens is 1. The van der Waals surface area contributed by atoms with Crippen LogP contribution in [0.1, 0.15) is 35.7 Å². The average Bonchev–Trinajstić information content (AvgIpc) is 2.69. The first-order valence-electron chi connectivity index (χ1n) is 9.57. The lowest BCUT2D eigenvalue weighted by atomic mass is 9.92. The molecule has 1 fully saturated rings. The number of carbonyl (C=O) groups is 1. The molecule has 5 nitrogen and oxygen atoms in total. The number of likely N-dealkylation sites (N-methyl/N-ethyl adjacent to an activating group) is 1. The molecular weight excluding hydrogens is 338 g/mol. The third kappa shape index (κ3) is 5.07. The summed E-state index contributed by atoms with van der Waals surface area (Å²) in [5.41, 5.74) is 3.39. The molecule has 3 rings (SSSR count). The average molecular weight is 367 g/mol. The number of piperidine rings is 1. The summed E-state index contributed by atoms with van der Waals surface area (Å²) < 4.78 is 5.46. The second kappa shape index (κ2) is 9.00. The van der Waals surface area contributed by atoms with E-state index in [1.807, 2.05) is 32.3 Å². The van der Waals surface area contributed by atoms with Crippen LogP contribution < -0.4 is 4.74 Å². The first-order chi connectivity index (χ1) is 13.1. The first kappa shape index (κ1) is 19.4. The van der Waals surface area contributed by atoms with Crippen molar-refractivity contribution in [3.8, 4) is 5.75 Å². The van der Waals surface area contributed by atoms with Crippen LogP contribution in [0, 0.1) is 0 Å². The predicted octanol–water partition coefficient (Wildman–Crippen LogP) is 2.95. The van der Waals surface area contributed by atoms with Crippen molar-refractivity contribution in [1.29, 1.82) is 0 Å². The van der Waals surface area contributed by atoms with E-state index in [2.05, 4.69) is 29.2 Å². The maximum atomic E-state index is 11.9. The predicted molar refractivity (Wildman–Crippen MR) is 107 cm³/mol. The van der Waals surface area contributed by atoms with Gasteiger partial charge in [-0.25, -0.2) is 0 Å². The summed E-state index contributed by atoms with van der Waals surface area (Å²) >= 11 is 0. The summed E-state index contributed by atoms with van der Waals surface area (Å²) in [5, 5.41) is 0. The van der Waals surface area contributed by atoms with E-state index in [9.17, 15) is 4.79 Å². The zero-order chi connectivity index (χ0) is 19.2. The van der Waals surface area contributed by atoms with Crippen molar-refractivity contribution < 1.29 is 9.53 Å². The number of para-hydroxylation sites is 1. The van der Waals surface area contributed by atoms with Crippen molar-refractivity contribution in [3.63, 3.8) is 0 Å². The molecule has 1 aromatic heterocycles. The molecule has 0 aliphatic carbocycles. The normalized spacial score (nSPS) is 15.5. The van der Waals surface area contributed by atoms with Crippen LogP contribution in [0.25, 0.3) is 0 Å². The van der Waals surface area contributed by atoms with Crippen LogP contribution in [0.4, 0.5) is 0 Å². The molecule has 0 radical (unpaired) electrons. The highest BCUT2D eigenvalue weighted by Crippen LogP contribution is 2.27. The molecule has 1 amide bonds. The number of amides is 1. The molecule has 0 atom stereocenters. The minimum absolute atomic E-state index is 0.172. The summed E-state index contributed by atoms with van der Waals surface area (Å²) in [6, 6.07) is 14.4. The third-order valence-electron chi connectivity index (χ3n) is 5.26. The monoisotopic (exact) mass is 367 g/mol. The van der Waals surface area contributed by atoms with Crippen LogP contribution in [0.15, 0.2) is 42.5 Å². The Balaban J connectivity index is 1.62. The molecule has 2 aromatic rings. The van der Waals surface area contributed by atoms with Crippen LogP contribution in [0.2, 0.25) is 0 Å². The fourth-order valence-corrected chi connectivity index (χ4v) is 3.59. The van der Waals surface area contributed by atoms with Crippen LogP contribution in [0.3, 0.4) is 0 Å². The molecule has 1 saturated heterocycles. The lowest BCUT2D eigenvalue weighted by molar-refractivity contribution is -0.130. The molecule has 1 aliphatic rings. The molecule has 0 bridgehead atoms. The van der Waals surface area contributed by atoms with E-state index >= 15 is 0 Å². The van der Waals surface area contributed by atoms with Gasteiger partial charge in [0.2, 0.25) is 5.91 Å². The number of ether oxygens (including phenoxy) is 1. The van der Waals surface area contributed by atoms with E-state index < -0.39 is 0 Å². The van der Waals surface area contributed by atoms with Crippen LogP contribution >= 0.6 is 0 Å². The molecule has 144 valence electrons. The Kier molecular flexibility index (Phi) is 6.45. The Morgan fingerprint density at radius 1 is 1.15 bits per heavy atom.